The number of sulfonamides is 1. The first kappa shape index (κ1) is 21.7. The monoisotopic (exact) mass is 416 g/mol. The zero-order valence-corrected chi connectivity index (χ0v) is 18.7. The average Bonchev–Trinajstić information content (AvgIpc) is 2.72. The van der Waals surface area contributed by atoms with Crippen LogP contribution in [0.2, 0.25) is 0 Å². The number of anilines is 1. The molecule has 3 rings (SSSR count). The molecule has 1 saturated heterocycles. The molecule has 29 heavy (non-hydrogen) atoms. The molecule has 6 heteroatoms. The molecule has 1 heterocycles. The van der Waals surface area contributed by atoms with Gasteiger partial charge in [-0.1, -0.05) is 39.0 Å². The minimum Gasteiger partial charge on any atom is -0.492 e. The van der Waals surface area contributed by atoms with Gasteiger partial charge in [-0.05, 0) is 54.7 Å². The van der Waals surface area contributed by atoms with Crippen LogP contribution >= 0.6 is 0 Å². The summed E-state index contributed by atoms with van der Waals surface area (Å²) in [6.07, 6.45) is 0.834. The van der Waals surface area contributed by atoms with E-state index in [0.717, 1.165) is 23.2 Å². The molecule has 0 amide bonds. The molecule has 2 aromatic rings. The lowest BCUT2D eigenvalue weighted by molar-refractivity contribution is 0.306. The van der Waals surface area contributed by atoms with Gasteiger partial charge in [0.25, 0.3) is 0 Å². The normalized spacial score (nSPS) is 15.7. The minimum absolute atomic E-state index is 0.249. The molecule has 0 atom stereocenters. The van der Waals surface area contributed by atoms with Crippen LogP contribution in [0.4, 0.5) is 5.69 Å². The lowest BCUT2D eigenvalue weighted by Crippen LogP contribution is -2.48. The number of ether oxygens (including phenoxy) is 1. The van der Waals surface area contributed by atoms with E-state index in [9.17, 15) is 8.42 Å². The highest BCUT2D eigenvalue weighted by molar-refractivity contribution is 7.89. The number of nitrogens with zero attached hydrogens (tertiary/aromatic N) is 2. The van der Waals surface area contributed by atoms with E-state index in [2.05, 4.69) is 30.9 Å². The maximum atomic E-state index is 13.5. The maximum Gasteiger partial charge on any atom is 0.246 e. The number of rotatable bonds is 7. The second-order valence-corrected chi connectivity index (χ2v) is 9.79. The van der Waals surface area contributed by atoms with E-state index in [1.807, 2.05) is 44.2 Å². The molecule has 0 aromatic heterocycles. The summed E-state index contributed by atoms with van der Waals surface area (Å²) >= 11 is 0. The van der Waals surface area contributed by atoms with Crippen molar-refractivity contribution in [3.8, 4) is 5.75 Å². The molecule has 0 unspecified atom stereocenters. The highest BCUT2D eigenvalue weighted by Crippen LogP contribution is 2.34. The summed E-state index contributed by atoms with van der Waals surface area (Å²) in [7, 11) is -3.62. The predicted octanol–water partition coefficient (Wildman–Crippen LogP) is 4.42. The predicted molar refractivity (Wildman–Crippen MR) is 118 cm³/mol. The lowest BCUT2D eigenvalue weighted by Gasteiger charge is -2.35. The van der Waals surface area contributed by atoms with Gasteiger partial charge in [0.1, 0.15) is 10.6 Å². The van der Waals surface area contributed by atoms with Crippen LogP contribution in [0.5, 0.6) is 5.75 Å². The van der Waals surface area contributed by atoms with Gasteiger partial charge in [0.15, 0.2) is 0 Å². The zero-order valence-electron chi connectivity index (χ0n) is 17.9. The van der Waals surface area contributed by atoms with Crippen molar-refractivity contribution in [1.29, 1.82) is 0 Å². The number of benzene rings is 2. The van der Waals surface area contributed by atoms with Gasteiger partial charge in [-0.3, -0.25) is 0 Å². The highest BCUT2D eigenvalue weighted by Gasteiger charge is 2.32. The van der Waals surface area contributed by atoms with E-state index in [0.29, 0.717) is 43.4 Å². The molecule has 1 fully saturated rings. The van der Waals surface area contributed by atoms with E-state index >= 15 is 0 Å². The second-order valence-electron chi connectivity index (χ2n) is 7.89. The Hall–Kier alpha value is -2.05. The number of hydrogen-bond donors (Lipinski definition) is 0. The summed E-state index contributed by atoms with van der Waals surface area (Å²) in [4.78, 5) is 2.53. The molecule has 2 aromatic carbocycles. The van der Waals surface area contributed by atoms with Gasteiger partial charge in [-0.2, -0.15) is 4.31 Å². The largest absolute Gasteiger partial charge is 0.492 e. The highest BCUT2D eigenvalue weighted by atomic mass is 32.2. The molecule has 0 bridgehead atoms. The molecule has 0 N–H and O–H groups in total. The number of piperazine rings is 1. The van der Waals surface area contributed by atoms with Crippen molar-refractivity contribution in [2.24, 2.45) is 0 Å². The minimum atomic E-state index is -3.62. The SMILES string of the molecule is CCCOc1cc(C)c(C(C)C)cc1S(=O)(=O)N1CCN(c2ccccc2)CC1. The van der Waals surface area contributed by atoms with E-state index in [-0.39, 0.29) is 5.92 Å². The third kappa shape index (κ3) is 4.75. The molecule has 0 aliphatic carbocycles. The van der Waals surface area contributed by atoms with Crippen molar-refractivity contribution in [2.45, 2.75) is 44.9 Å². The summed E-state index contributed by atoms with van der Waals surface area (Å²) in [5, 5.41) is 0. The van der Waals surface area contributed by atoms with Crippen LogP contribution in [-0.4, -0.2) is 45.5 Å². The summed E-state index contributed by atoms with van der Waals surface area (Å²) in [6.45, 7) is 11.0. The fourth-order valence-corrected chi connectivity index (χ4v) is 5.36. The Balaban J connectivity index is 1.87. The molecule has 0 radical (unpaired) electrons. The van der Waals surface area contributed by atoms with Crippen LogP contribution in [0, 0.1) is 6.92 Å². The van der Waals surface area contributed by atoms with Crippen molar-refractivity contribution in [1.82, 2.24) is 4.31 Å². The summed E-state index contributed by atoms with van der Waals surface area (Å²) in [5.41, 5.74) is 3.25. The smallest absolute Gasteiger partial charge is 0.246 e. The first-order valence-corrected chi connectivity index (χ1v) is 11.9. The molecular weight excluding hydrogens is 384 g/mol. The van der Waals surface area contributed by atoms with Crippen LogP contribution < -0.4 is 9.64 Å². The van der Waals surface area contributed by atoms with Gasteiger partial charge in [0.2, 0.25) is 10.0 Å². The third-order valence-electron chi connectivity index (χ3n) is 5.39. The van der Waals surface area contributed by atoms with E-state index < -0.39 is 10.0 Å². The second kappa shape index (κ2) is 9.18. The third-order valence-corrected chi connectivity index (χ3v) is 7.31. The fourth-order valence-electron chi connectivity index (χ4n) is 3.79. The maximum absolute atomic E-state index is 13.5. The van der Waals surface area contributed by atoms with Gasteiger partial charge in [0.05, 0.1) is 6.61 Å². The molecule has 1 aliphatic rings. The Labute approximate surface area is 175 Å². The van der Waals surface area contributed by atoms with E-state index in [1.165, 1.54) is 0 Å². The number of aryl methyl sites for hydroxylation is 1. The van der Waals surface area contributed by atoms with E-state index in [1.54, 1.807) is 4.31 Å². The van der Waals surface area contributed by atoms with Crippen LogP contribution in [0.25, 0.3) is 0 Å². The van der Waals surface area contributed by atoms with E-state index in [4.69, 9.17) is 4.74 Å². The standard InChI is InChI=1S/C23H32N2O3S/c1-5-15-28-22-16-19(4)21(18(2)3)17-23(22)29(26,27)25-13-11-24(12-14-25)20-9-7-6-8-10-20/h6-10,16-18H,5,11-15H2,1-4H3. The van der Waals surface area contributed by atoms with Crippen LogP contribution in [0.3, 0.4) is 0 Å². The fraction of sp³-hybridized carbons (Fsp3) is 0.478. The molecule has 1 aliphatic heterocycles. The Bertz CT molecular complexity index is 919. The molecular formula is C23H32N2O3S. The Morgan fingerprint density at radius 3 is 2.28 bits per heavy atom. The number of para-hydroxylation sites is 1. The van der Waals surface area contributed by atoms with Gasteiger partial charge >= 0.3 is 0 Å². The molecule has 0 saturated carbocycles. The lowest BCUT2D eigenvalue weighted by atomic mass is 9.98. The number of hydrogen-bond acceptors (Lipinski definition) is 4. The van der Waals surface area contributed by atoms with Crippen LogP contribution in [0.15, 0.2) is 47.4 Å². The Morgan fingerprint density at radius 1 is 1.03 bits per heavy atom. The van der Waals surface area contributed by atoms with Crippen LogP contribution in [0.1, 0.15) is 44.2 Å². The molecule has 158 valence electrons. The molecule has 5 nitrogen and oxygen atoms in total. The Morgan fingerprint density at radius 2 is 1.69 bits per heavy atom. The van der Waals surface area contributed by atoms with Crippen molar-refractivity contribution in [2.75, 3.05) is 37.7 Å². The summed E-state index contributed by atoms with van der Waals surface area (Å²) in [6, 6.07) is 13.9. The Kier molecular flexibility index (Phi) is 6.85. The van der Waals surface area contributed by atoms with Gasteiger partial charge in [0, 0.05) is 31.9 Å². The summed E-state index contributed by atoms with van der Waals surface area (Å²) < 4.78 is 34.5. The van der Waals surface area contributed by atoms with Crippen molar-refractivity contribution >= 4 is 15.7 Å². The van der Waals surface area contributed by atoms with Gasteiger partial charge in [-0.25, -0.2) is 8.42 Å². The zero-order chi connectivity index (χ0) is 21.0. The first-order chi connectivity index (χ1) is 13.8. The van der Waals surface area contributed by atoms with Crippen molar-refractivity contribution in [3.05, 3.63) is 53.6 Å². The summed E-state index contributed by atoms with van der Waals surface area (Å²) in [5.74, 6) is 0.721. The quantitative estimate of drug-likeness (QED) is 0.670. The average molecular weight is 417 g/mol. The topological polar surface area (TPSA) is 49.9 Å². The van der Waals surface area contributed by atoms with Gasteiger partial charge < -0.3 is 9.64 Å². The van der Waals surface area contributed by atoms with Crippen molar-refractivity contribution in [3.63, 3.8) is 0 Å². The van der Waals surface area contributed by atoms with Crippen LogP contribution in [-0.2, 0) is 10.0 Å². The van der Waals surface area contributed by atoms with Gasteiger partial charge in [-0.15, -0.1) is 0 Å². The van der Waals surface area contributed by atoms with Crippen molar-refractivity contribution < 1.29 is 13.2 Å². The molecule has 0 spiro atoms. The first-order valence-electron chi connectivity index (χ1n) is 10.4.